The Morgan fingerprint density at radius 2 is 2.25 bits per heavy atom. The zero-order chi connectivity index (χ0) is 15.1. The van der Waals surface area contributed by atoms with E-state index in [1.165, 1.54) is 18.2 Å². The van der Waals surface area contributed by atoms with Crippen molar-refractivity contribution in [3.63, 3.8) is 0 Å². The maximum absolute atomic E-state index is 13.0. The minimum Gasteiger partial charge on any atom is -0.397 e. The van der Waals surface area contributed by atoms with Crippen molar-refractivity contribution in [2.75, 3.05) is 37.9 Å². The van der Waals surface area contributed by atoms with Crippen molar-refractivity contribution >= 4 is 17.3 Å². The molecule has 0 aliphatic heterocycles. The number of anilines is 2. The lowest BCUT2D eigenvalue weighted by molar-refractivity contribution is -0.120. The molecule has 6 heteroatoms. The molecule has 1 atom stereocenters. The van der Waals surface area contributed by atoms with E-state index < -0.39 is 5.82 Å². The van der Waals surface area contributed by atoms with Crippen LogP contribution in [0.3, 0.4) is 0 Å². The van der Waals surface area contributed by atoms with Crippen LogP contribution in [0.15, 0.2) is 18.2 Å². The summed E-state index contributed by atoms with van der Waals surface area (Å²) in [7, 11) is 1.62. The Hall–Kier alpha value is -1.66. The summed E-state index contributed by atoms with van der Waals surface area (Å²) in [5.74, 6) is -0.606. The average Bonchev–Trinajstić information content (AvgIpc) is 2.42. The highest BCUT2D eigenvalue weighted by Crippen LogP contribution is 2.19. The van der Waals surface area contributed by atoms with Gasteiger partial charge in [-0.05, 0) is 31.7 Å². The predicted octanol–water partition coefficient (Wildman–Crippen LogP) is 1.70. The number of ether oxygens (including phenoxy) is 1. The minimum absolute atomic E-state index is 0.179. The number of nitrogen functional groups attached to an aromatic ring is 1. The second-order valence-electron chi connectivity index (χ2n) is 4.52. The number of nitrogens with zero attached hydrogens (tertiary/aromatic N) is 1. The molecule has 1 unspecified atom stereocenters. The first-order valence-corrected chi connectivity index (χ1v) is 6.58. The maximum atomic E-state index is 13.0. The molecule has 0 bridgehead atoms. The number of hydrogen-bond acceptors (Lipinski definition) is 4. The van der Waals surface area contributed by atoms with Gasteiger partial charge < -0.3 is 15.8 Å². The summed E-state index contributed by atoms with van der Waals surface area (Å²) in [6, 6.07) is 3.59. The molecular weight excluding hydrogens is 261 g/mol. The predicted molar refractivity (Wildman–Crippen MR) is 78.0 cm³/mol. The molecule has 3 N–H and O–H groups in total. The van der Waals surface area contributed by atoms with E-state index >= 15 is 0 Å². The van der Waals surface area contributed by atoms with Crippen LogP contribution in [0.1, 0.15) is 13.8 Å². The van der Waals surface area contributed by atoms with Crippen molar-refractivity contribution < 1.29 is 13.9 Å². The lowest BCUT2D eigenvalue weighted by atomic mass is 10.2. The first-order valence-electron chi connectivity index (χ1n) is 6.58. The van der Waals surface area contributed by atoms with Crippen molar-refractivity contribution in [2.24, 2.45) is 0 Å². The van der Waals surface area contributed by atoms with Crippen molar-refractivity contribution in [1.82, 2.24) is 4.90 Å². The largest absolute Gasteiger partial charge is 0.397 e. The molecular formula is C14H22FN3O2. The standard InChI is InChI=1S/C14H22FN3O2/c1-4-18(7-8-20-3)10(2)14(19)17-13-6-5-11(15)9-12(13)16/h5-6,9-10H,4,7-8,16H2,1-3H3,(H,17,19). The van der Waals surface area contributed by atoms with Crippen LogP contribution in [-0.4, -0.2) is 43.7 Å². The summed E-state index contributed by atoms with van der Waals surface area (Å²) >= 11 is 0. The van der Waals surface area contributed by atoms with Crippen molar-refractivity contribution in [2.45, 2.75) is 19.9 Å². The summed E-state index contributed by atoms with van der Waals surface area (Å²) in [5, 5.41) is 2.72. The smallest absolute Gasteiger partial charge is 0.241 e. The van der Waals surface area contributed by atoms with Gasteiger partial charge in [0, 0.05) is 13.7 Å². The van der Waals surface area contributed by atoms with Crippen LogP contribution in [-0.2, 0) is 9.53 Å². The molecule has 0 heterocycles. The van der Waals surface area contributed by atoms with Gasteiger partial charge in [0.25, 0.3) is 0 Å². The normalized spacial score (nSPS) is 12.4. The van der Waals surface area contributed by atoms with E-state index in [0.29, 0.717) is 18.8 Å². The van der Waals surface area contributed by atoms with Crippen LogP contribution in [0.5, 0.6) is 0 Å². The lowest BCUT2D eigenvalue weighted by Gasteiger charge is -2.26. The first kappa shape index (κ1) is 16.4. The maximum Gasteiger partial charge on any atom is 0.241 e. The monoisotopic (exact) mass is 283 g/mol. The third-order valence-corrected chi connectivity index (χ3v) is 3.19. The number of nitrogens with one attached hydrogen (secondary N) is 1. The fourth-order valence-electron chi connectivity index (χ4n) is 1.88. The highest BCUT2D eigenvalue weighted by atomic mass is 19.1. The number of hydrogen-bond donors (Lipinski definition) is 2. The Bertz CT molecular complexity index is 454. The van der Waals surface area contributed by atoms with E-state index in [0.717, 1.165) is 6.54 Å². The Morgan fingerprint density at radius 1 is 1.55 bits per heavy atom. The van der Waals surface area contributed by atoms with Gasteiger partial charge in [-0.2, -0.15) is 0 Å². The summed E-state index contributed by atoms with van der Waals surface area (Å²) in [5.41, 5.74) is 6.31. The second-order valence-corrected chi connectivity index (χ2v) is 4.52. The van der Waals surface area contributed by atoms with Crippen LogP contribution in [0, 0.1) is 5.82 Å². The second kappa shape index (κ2) is 7.81. The molecule has 1 rings (SSSR count). The number of nitrogens with two attached hydrogens (primary N) is 1. The van der Waals surface area contributed by atoms with E-state index in [1.807, 2.05) is 18.7 Å². The molecule has 1 aromatic rings. The lowest BCUT2D eigenvalue weighted by Crippen LogP contribution is -2.43. The summed E-state index contributed by atoms with van der Waals surface area (Å²) in [6.07, 6.45) is 0. The number of carbonyl (C=O) groups excluding carboxylic acids is 1. The van der Waals surface area contributed by atoms with Gasteiger partial charge in [-0.3, -0.25) is 9.69 Å². The first-order chi connectivity index (χ1) is 9.49. The van der Waals surface area contributed by atoms with Gasteiger partial charge in [0.05, 0.1) is 24.0 Å². The number of halogens is 1. The quantitative estimate of drug-likeness (QED) is 0.747. The third kappa shape index (κ3) is 4.47. The van der Waals surface area contributed by atoms with Crippen LogP contribution in [0.25, 0.3) is 0 Å². The Morgan fingerprint density at radius 3 is 2.80 bits per heavy atom. The van der Waals surface area contributed by atoms with E-state index in [2.05, 4.69) is 5.32 Å². The van der Waals surface area contributed by atoms with Gasteiger partial charge in [-0.25, -0.2) is 4.39 Å². The number of likely N-dealkylation sites (N-methyl/N-ethyl adjacent to an activating group) is 1. The van der Waals surface area contributed by atoms with Gasteiger partial charge in [0.2, 0.25) is 5.91 Å². The molecule has 0 saturated heterocycles. The number of methoxy groups -OCH3 is 1. The van der Waals surface area contributed by atoms with Crippen molar-refractivity contribution in [3.8, 4) is 0 Å². The topological polar surface area (TPSA) is 67.6 Å². The van der Waals surface area contributed by atoms with Gasteiger partial charge in [-0.1, -0.05) is 6.92 Å². The molecule has 20 heavy (non-hydrogen) atoms. The van der Waals surface area contributed by atoms with Gasteiger partial charge in [0.1, 0.15) is 5.82 Å². The number of amides is 1. The number of benzene rings is 1. The van der Waals surface area contributed by atoms with Crippen LogP contribution >= 0.6 is 0 Å². The van der Waals surface area contributed by atoms with Crippen LogP contribution in [0.2, 0.25) is 0 Å². The van der Waals surface area contributed by atoms with E-state index in [9.17, 15) is 9.18 Å². The fourth-order valence-corrected chi connectivity index (χ4v) is 1.88. The van der Waals surface area contributed by atoms with Gasteiger partial charge in [0.15, 0.2) is 0 Å². The highest BCUT2D eigenvalue weighted by molar-refractivity contribution is 5.97. The molecule has 1 aromatic carbocycles. The average molecular weight is 283 g/mol. The molecule has 1 amide bonds. The molecule has 5 nitrogen and oxygen atoms in total. The fraction of sp³-hybridized carbons (Fsp3) is 0.500. The number of carbonyl (C=O) groups is 1. The molecule has 0 aromatic heterocycles. The summed E-state index contributed by atoms with van der Waals surface area (Å²) in [4.78, 5) is 14.2. The van der Waals surface area contributed by atoms with Crippen molar-refractivity contribution in [1.29, 1.82) is 0 Å². The molecule has 0 aliphatic carbocycles. The molecule has 112 valence electrons. The zero-order valence-electron chi connectivity index (χ0n) is 12.1. The minimum atomic E-state index is -0.427. The molecule has 0 saturated carbocycles. The van der Waals surface area contributed by atoms with Gasteiger partial charge >= 0.3 is 0 Å². The van der Waals surface area contributed by atoms with Crippen LogP contribution in [0.4, 0.5) is 15.8 Å². The van der Waals surface area contributed by atoms with Crippen LogP contribution < -0.4 is 11.1 Å². The van der Waals surface area contributed by atoms with E-state index in [1.54, 1.807) is 7.11 Å². The summed E-state index contributed by atoms with van der Waals surface area (Å²) < 4.78 is 18.0. The summed E-state index contributed by atoms with van der Waals surface area (Å²) in [6.45, 7) is 5.75. The number of rotatable bonds is 7. The SMILES string of the molecule is CCN(CCOC)C(C)C(=O)Nc1ccc(F)cc1N. The van der Waals surface area contributed by atoms with E-state index in [-0.39, 0.29) is 17.6 Å². The van der Waals surface area contributed by atoms with Gasteiger partial charge in [-0.15, -0.1) is 0 Å². The highest BCUT2D eigenvalue weighted by Gasteiger charge is 2.20. The zero-order valence-corrected chi connectivity index (χ0v) is 12.1. The molecule has 0 spiro atoms. The Labute approximate surface area is 118 Å². The Kier molecular flexibility index (Phi) is 6.41. The van der Waals surface area contributed by atoms with Crippen molar-refractivity contribution in [3.05, 3.63) is 24.0 Å². The van der Waals surface area contributed by atoms with E-state index in [4.69, 9.17) is 10.5 Å². The Balaban J connectivity index is 2.68. The molecule has 0 aliphatic rings. The molecule has 0 radical (unpaired) electrons. The third-order valence-electron chi connectivity index (χ3n) is 3.19. The molecule has 0 fully saturated rings.